The number of rotatable bonds is 3. The third-order valence-corrected chi connectivity index (χ3v) is 5.94. The summed E-state index contributed by atoms with van der Waals surface area (Å²) in [6.07, 6.45) is 7.56. The summed E-state index contributed by atoms with van der Waals surface area (Å²) >= 11 is 0. The normalized spacial score (nSPS) is 16.2. The van der Waals surface area contributed by atoms with E-state index in [4.69, 9.17) is 14.5 Å². The number of nitrogens with zero attached hydrogens (tertiary/aromatic N) is 6. The molecule has 0 spiro atoms. The molecule has 0 N–H and O–H groups in total. The number of pyridine rings is 1. The van der Waals surface area contributed by atoms with Gasteiger partial charge in [-0.2, -0.15) is 0 Å². The minimum Gasteiger partial charge on any atom is -0.454 e. The molecule has 4 aromatic rings. The van der Waals surface area contributed by atoms with E-state index in [1.165, 1.54) is 0 Å². The minimum absolute atomic E-state index is 0.261. The first-order valence-electron chi connectivity index (χ1n) is 10.4. The molecule has 5 heterocycles. The van der Waals surface area contributed by atoms with Crippen molar-refractivity contribution in [3.63, 3.8) is 0 Å². The number of likely N-dealkylation sites (N-methyl/N-ethyl adjacent to an activating group) is 1. The largest absolute Gasteiger partial charge is 0.454 e. The lowest BCUT2D eigenvalue weighted by Gasteiger charge is -2.33. The van der Waals surface area contributed by atoms with Gasteiger partial charge in [0.1, 0.15) is 5.82 Å². The zero-order chi connectivity index (χ0) is 20.8. The molecule has 0 aliphatic carbocycles. The summed E-state index contributed by atoms with van der Waals surface area (Å²) in [5, 5.41) is 0. The average molecular weight is 414 g/mol. The van der Waals surface area contributed by atoms with Crippen LogP contribution in [-0.4, -0.2) is 64.3 Å². The van der Waals surface area contributed by atoms with Crippen LogP contribution in [0.5, 0.6) is 11.5 Å². The number of benzene rings is 1. The molecular weight excluding hydrogens is 392 g/mol. The number of anilines is 1. The number of ether oxygens (including phenoxy) is 2. The Hall–Kier alpha value is -3.65. The maximum atomic E-state index is 5.53. The second kappa shape index (κ2) is 7.24. The number of hydrogen-bond donors (Lipinski definition) is 0. The molecular formula is C23H22N6O2. The fraction of sp³-hybridized carbons (Fsp3) is 0.261. The number of fused-ring (bicyclic) bond motifs is 2. The van der Waals surface area contributed by atoms with Crippen LogP contribution in [0.1, 0.15) is 0 Å². The predicted molar refractivity (Wildman–Crippen MR) is 117 cm³/mol. The van der Waals surface area contributed by atoms with Gasteiger partial charge in [-0.3, -0.25) is 9.38 Å². The van der Waals surface area contributed by atoms with Crippen LogP contribution in [0, 0.1) is 0 Å². The molecule has 2 aliphatic heterocycles. The Morgan fingerprint density at radius 2 is 1.65 bits per heavy atom. The monoisotopic (exact) mass is 414 g/mol. The van der Waals surface area contributed by atoms with Crippen molar-refractivity contribution in [2.75, 3.05) is 44.9 Å². The van der Waals surface area contributed by atoms with Crippen LogP contribution < -0.4 is 14.4 Å². The maximum absolute atomic E-state index is 5.53. The standard InChI is InChI=1S/C23H22N6O2/c1-27-6-8-28(9-7-27)22-5-3-17(11-25-22)18-14-29-19(12-26-23(29)13-24-18)16-2-4-20-21(10-16)31-15-30-20/h2-5,10-14H,6-9,15H2,1H3. The molecule has 31 heavy (non-hydrogen) atoms. The molecule has 0 amide bonds. The van der Waals surface area contributed by atoms with E-state index in [1.807, 2.05) is 41.2 Å². The molecule has 156 valence electrons. The molecule has 6 rings (SSSR count). The Kier molecular flexibility index (Phi) is 4.24. The Morgan fingerprint density at radius 3 is 2.48 bits per heavy atom. The number of imidazole rings is 1. The number of aromatic nitrogens is 4. The Balaban J connectivity index is 1.32. The molecule has 0 radical (unpaired) electrons. The van der Waals surface area contributed by atoms with E-state index in [2.05, 4.69) is 38.9 Å². The highest BCUT2D eigenvalue weighted by atomic mass is 16.7. The summed E-state index contributed by atoms with van der Waals surface area (Å²) in [7, 11) is 2.16. The van der Waals surface area contributed by atoms with Crippen molar-refractivity contribution in [2.24, 2.45) is 0 Å². The molecule has 0 saturated carbocycles. The lowest BCUT2D eigenvalue weighted by atomic mass is 10.1. The summed E-state index contributed by atoms with van der Waals surface area (Å²) in [5.41, 5.74) is 4.60. The fourth-order valence-electron chi connectivity index (χ4n) is 4.07. The lowest BCUT2D eigenvalue weighted by molar-refractivity contribution is 0.174. The number of hydrogen-bond acceptors (Lipinski definition) is 7. The van der Waals surface area contributed by atoms with Crippen molar-refractivity contribution in [1.82, 2.24) is 24.3 Å². The van der Waals surface area contributed by atoms with Crippen LogP contribution in [0.3, 0.4) is 0 Å². The van der Waals surface area contributed by atoms with E-state index in [-0.39, 0.29) is 6.79 Å². The van der Waals surface area contributed by atoms with Gasteiger partial charge < -0.3 is 19.3 Å². The van der Waals surface area contributed by atoms with E-state index in [1.54, 1.807) is 6.20 Å². The third-order valence-electron chi connectivity index (χ3n) is 5.94. The van der Waals surface area contributed by atoms with Gasteiger partial charge in [0.25, 0.3) is 0 Å². The van der Waals surface area contributed by atoms with E-state index in [9.17, 15) is 0 Å². The van der Waals surface area contributed by atoms with Gasteiger partial charge in [-0.1, -0.05) is 0 Å². The lowest BCUT2D eigenvalue weighted by Crippen LogP contribution is -2.44. The summed E-state index contributed by atoms with van der Waals surface area (Å²) in [4.78, 5) is 18.5. The smallest absolute Gasteiger partial charge is 0.231 e. The van der Waals surface area contributed by atoms with Gasteiger partial charge >= 0.3 is 0 Å². The fourth-order valence-corrected chi connectivity index (χ4v) is 4.07. The third kappa shape index (κ3) is 3.25. The maximum Gasteiger partial charge on any atom is 0.231 e. The quantitative estimate of drug-likeness (QED) is 0.511. The average Bonchev–Trinajstić information content (AvgIpc) is 3.45. The summed E-state index contributed by atoms with van der Waals surface area (Å²) < 4.78 is 13.0. The van der Waals surface area contributed by atoms with Gasteiger partial charge in [-0.05, 0) is 37.4 Å². The van der Waals surface area contributed by atoms with Gasteiger partial charge in [-0.25, -0.2) is 9.97 Å². The Bertz CT molecular complexity index is 1240. The van der Waals surface area contributed by atoms with Crippen LogP contribution in [0.4, 0.5) is 5.82 Å². The zero-order valence-electron chi connectivity index (χ0n) is 17.2. The molecule has 0 bridgehead atoms. The van der Waals surface area contributed by atoms with E-state index in [0.29, 0.717) is 0 Å². The highest BCUT2D eigenvalue weighted by Crippen LogP contribution is 2.36. The summed E-state index contributed by atoms with van der Waals surface area (Å²) in [5.74, 6) is 2.54. The van der Waals surface area contributed by atoms with Crippen LogP contribution in [0.15, 0.2) is 55.1 Å². The highest BCUT2D eigenvalue weighted by molar-refractivity contribution is 5.69. The Labute approximate surface area is 179 Å². The molecule has 8 heteroatoms. The first-order valence-corrected chi connectivity index (χ1v) is 10.4. The zero-order valence-corrected chi connectivity index (χ0v) is 17.2. The van der Waals surface area contributed by atoms with E-state index >= 15 is 0 Å². The number of piperazine rings is 1. The summed E-state index contributed by atoms with van der Waals surface area (Å²) in [6.45, 7) is 4.38. The minimum atomic E-state index is 0.261. The molecule has 1 aromatic carbocycles. The van der Waals surface area contributed by atoms with Gasteiger partial charge in [-0.15, -0.1) is 0 Å². The van der Waals surface area contributed by atoms with Crippen molar-refractivity contribution in [1.29, 1.82) is 0 Å². The molecule has 0 atom stereocenters. The van der Waals surface area contributed by atoms with Crippen LogP contribution in [0.2, 0.25) is 0 Å². The van der Waals surface area contributed by atoms with Crippen molar-refractivity contribution in [3.8, 4) is 34.0 Å². The molecule has 2 aliphatic rings. The summed E-state index contributed by atoms with van der Waals surface area (Å²) in [6, 6.07) is 10.1. The molecule has 1 fully saturated rings. The topological polar surface area (TPSA) is 68.0 Å². The van der Waals surface area contributed by atoms with Crippen molar-refractivity contribution >= 4 is 11.5 Å². The first kappa shape index (κ1) is 18.1. The van der Waals surface area contributed by atoms with Crippen molar-refractivity contribution in [2.45, 2.75) is 0 Å². The van der Waals surface area contributed by atoms with Gasteiger partial charge in [0, 0.05) is 49.7 Å². The molecule has 8 nitrogen and oxygen atoms in total. The van der Waals surface area contributed by atoms with E-state index in [0.717, 1.165) is 71.7 Å². The molecule has 0 unspecified atom stereocenters. The van der Waals surface area contributed by atoms with Crippen LogP contribution in [0.25, 0.3) is 28.2 Å². The second-order valence-electron chi connectivity index (χ2n) is 7.91. The van der Waals surface area contributed by atoms with Crippen LogP contribution in [-0.2, 0) is 0 Å². The molecule has 3 aromatic heterocycles. The highest BCUT2D eigenvalue weighted by Gasteiger charge is 2.17. The first-order chi connectivity index (χ1) is 15.2. The Morgan fingerprint density at radius 1 is 0.806 bits per heavy atom. The van der Waals surface area contributed by atoms with Gasteiger partial charge in [0.15, 0.2) is 17.1 Å². The molecule has 1 saturated heterocycles. The SMILES string of the molecule is CN1CCN(c2ccc(-c3cn4c(-c5ccc6c(c5)OCO6)cnc4cn3)cn2)CC1. The van der Waals surface area contributed by atoms with Crippen molar-refractivity contribution in [3.05, 3.63) is 55.1 Å². The van der Waals surface area contributed by atoms with Crippen molar-refractivity contribution < 1.29 is 9.47 Å². The van der Waals surface area contributed by atoms with Gasteiger partial charge in [0.2, 0.25) is 6.79 Å². The second-order valence-corrected chi connectivity index (χ2v) is 7.91. The van der Waals surface area contributed by atoms with Crippen LogP contribution >= 0.6 is 0 Å². The van der Waals surface area contributed by atoms with Gasteiger partial charge in [0.05, 0.1) is 23.8 Å². The van der Waals surface area contributed by atoms with E-state index < -0.39 is 0 Å². The predicted octanol–water partition coefficient (Wildman–Crippen LogP) is 2.94.